The Kier molecular flexibility index (Phi) is 13.7. The van der Waals surface area contributed by atoms with E-state index in [9.17, 15) is 19.5 Å². The van der Waals surface area contributed by atoms with Crippen LogP contribution in [0.25, 0.3) is 0 Å². The number of hydrogen-bond acceptors (Lipinski definition) is 8. The number of rotatable bonds is 15. The van der Waals surface area contributed by atoms with Crippen LogP contribution in [-0.2, 0) is 27.5 Å². The second-order valence-electron chi connectivity index (χ2n) is 12.1. The lowest BCUT2D eigenvalue weighted by Gasteiger charge is -2.26. The SMILES string of the molecule is CC(C)C[C@@H](CN1CC(O)C(CNC(=O)[C@H](CC(C)C)NC(=O)OCc2ccncc2)C1)NC(=O)OCc1ccccc1. The number of carbonyl (C=O) groups is 3. The number of pyridine rings is 1. The summed E-state index contributed by atoms with van der Waals surface area (Å²) in [7, 11) is 0. The fourth-order valence-corrected chi connectivity index (χ4v) is 5.15. The normalized spacial score (nSPS) is 18.2. The Morgan fingerprint density at radius 3 is 2.12 bits per heavy atom. The van der Waals surface area contributed by atoms with E-state index in [1.807, 2.05) is 44.2 Å². The molecule has 43 heavy (non-hydrogen) atoms. The van der Waals surface area contributed by atoms with Gasteiger partial charge in [0.25, 0.3) is 0 Å². The minimum atomic E-state index is -0.763. The van der Waals surface area contributed by atoms with Gasteiger partial charge in [0, 0.05) is 50.5 Å². The smallest absolute Gasteiger partial charge is 0.408 e. The summed E-state index contributed by atoms with van der Waals surface area (Å²) in [6, 6.07) is 12.1. The van der Waals surface area contributed by atoms with E-state index >= 15 is 0 Å². The zero-order valence-corrected chi connectivity index (χ0v) is 25.7. The van der Waals surface area contributed by atoms with Crippen LogP contribution < -0.4 is 16.0 Å². The molecular formula is C32H47N5O6. The molecule has 2 aromatic rings. The van der Waals surface area contributed by atoms with E-state index in [1.54, 1.807) is 24.5 Å². The second kappa shape index (κ2) is 17.4. The number of nitrogens with one attached hydrogen (secondary N) is 3. The van der Waals surface area contributed by atoms with E-state index in [-0.39, 0.29) is 43.5 Å². The number of ether oxygens (including phenoxy) is 2. The van der Waals surface area contributed by atoms with Gasteiger partial charge in [-0.1, -0.05) is 58.0 Å². The third kappa shape index (κ3) is 12.6. The maximum atomic E-state index is 13.1. The largest absolute Gasteiger partial charge is 0.445 e. The highest BCUT2D eigenvalue weighted by molar-refractivity contribution is 5.85. The first-order valence-corrected chi connectivity index (χ1v) is 15.1. The first kappa shape index (κ1) is 33.8. The number of hydrogen-bond donors (Lipinski definition) is 4. The van der Waals surface area contributed by atoms with Crippen molar-refractivity contribution in [2.24, 2.45) is 17.8 Å². The molecule has 0 bridgehead atoms. The van der Waals surface area contributed by atoms with Crippen LogP contribution in [0.3, 0.4) is 0 Å². The summed E-state index contributed by atoms with van der Waals surface area (Å²) in [5, 5.41) is 19.4. The lowest BCUT2D eigenvalue weighted by Crippen LogP contribution is -2.49. The Balaban J connectivity index is 1.47. The van der Waals surface area contributed by atoms with Crippen LogP contribution in [0, 0.1) is 17.8 Å². The molecule has 11 nitrogen and oxygen atoms in total. The second-order valence-corrected chi connectivity index (χ2v) is 12.1. The van der Waals surface area contributed by atoms with E-state index in [0.29, 0.717) is 32.0 Å². The number of β-amino-alcohol motifs (C(OH)–C–C–N with tert-alkyl or cyclic N) is 1. The standard InChI is InChI=1S/C32H47N5O6/c1-22(2)14-27(35-31(40)42-20-24-8-6-5-7-9-24)18-37-17-26(29(38)19-37)16-34-30(39)28(15-23(3)4)36-32(41)43-21-25-10-12-33-13-11-25/h5-13,22-23,26-29,38H,14-21H2,1-4H3,(H,34,39)(H,35,40)(H,36,41)/t26?,27-,28-,29?/m0/s1. The summed E-state index contributed by atoms with van der Waals surface area (Å²) in [5.74, 6) is 0.00477. The maximum absolute atomic E-state index is 13.1. The number of aliphatic hydroxyl groups excluding tert-OH is 1. The van der Waals surface area contributed by atoms with Gasteiger partial charge in [0.1, 0.15) is 19.3 Å². The Hall–Kier alpha value is -3.70. The number of nitrogens with zero attached hydrogens (tertiary/aromatic N) is 2. The molecule has 1 aromatic heterocycles. The average Bonchev–Trinajstić information content (AvgIpc) is 3.32. The molecule has 1 saturated heterocycles. The summed E-state index contributed by atoms with van der Waals surface area (Å²) in [6.07, 6.45) is 2.66. The molecule has 4 atom stereocenters. The number of alkyl carbamates (subject to hydrolysis) is 2. The van der Waals surface area contributed by atoms with Crippen molar-refractivity contribution in [2.45, 2.75) is 71.9 Å². The molecule has 2 heterocycles. The molecule has 0 spiro atoms. The fourth-order valence-electron chi connectivity index (χ4n) is 5.15. The van der Waals surface area contributed by atoms with Gasteiger partial charge in [-0.05, 0) is 47.9 Å². The number of aromatic nitrogens is 1. The van der Waals surface area contributed by atoms with Gasteiger partial charge in [0.05, 0.1) is 6.10 Å². The van der Waals surface area contributed by atoms with Crippen LogP contribution in [0.5, 0.6) is 0 Å². The Bertz CT molecular complexity index is 1130. The average molecular weight is 598 g/mol. The van der Waals surface area contributed by atoms with Crippen LogP contribution in [-0.4, -0.2) is 77.5 Å². The van der Waals surface area contributed by atoms with Gasteiger partial charge in [-0.3, -0.25) is 14.7 Å². The first-order chi connectivity index (χ1) is 20.6. The molecule has 11 heteroatoms. The van der Waals surface area contributed by atoms with Crippen molar-refractivity contribution in [3.8, 4) is 0 Å². The zero-order chi connectivity index (χ0) is 31.2. The van der Waals surface area contributed by atoms with Crippen molar-refractivity contribution in [3.63, 3.8) is 0 Å². The Morgan fingerprint density at radius 1 is 0.884 bits per heavy atom. The quantitative estimate of drug-likeness (QED) is 0.245. The van der Waals surface area contributed by atoms with Crippen molar-refractivity contribution in [2.75, 3.05) is 26.2 Å². The van der Waals surface area contributed by atoms with Crippen LogP contribution in [0.4, 0.5) is 9.59 Å². The minimum absolute atomic E-state index is 0.0753. The molecule has 1 aliphatic heterocycles. The molecule has 0 aliphatic carbocycles. The van der Waals surface area contributed by atoms with Gasteiger partial charge in [-0.15, -0.1) is 0 Å². The Morgan fingerprint density at radius 2 is 1.49 bits per heavy atom. The van der Waals surface area contributed by atoms with Gasteiger partial charge in [-0.25, -0.2) is 9.59 Å². The Labute approximate surface area is 254 Å². The molecule has 236 valence electrons. The maximum Gasteiger partial charge on any atom is 0.408 e. The van der Waals surface area contributed by atoms with Gasteiger partial charge in [0.15, 0.2) is 0 Å². The summed E-state index contributed by atoms with van der Waals surface area (Å²) in [5.41, 5.74) is 1.71. The van der Waals surface area contributed by atoms with Crippen LogP contribution in [0.1, 0.15) is 51.7 Å². The zero-order valence-electron chi connectivity index (χ0n) is 25.7. The number of amides is 3. The van der Waals surface area contributed by atoms with Crippen molar-refractivity contribution in [1.82, 2.24) is 25.8 Å². The highest BCUT2D eigenvalue weighted by Gasteiger charge is 2.34. The van der Waals surface area contributed by atoms with Crippen LogP contribution in [0.15, 0.2) is 54.9 Å². The summed E-state index contributed by atoms with van der Waals surface area (Å²) in [6.45, 7) is 10.2. The van der Waals surface area contributed by atoms with E-state index in [4.69, 9.17) is 9.47 Å². The number of aliphatic hydroxyl groups is 1. The molecule has 0 radical (unpaired) electrons. The summed E-state index contributed by atoms with van der Waals surface area (Å²) >= 11 is 0. The molecule has 1 aliphatic rings. The molecular weight excluding hydrogens is 550 g/mol. The van der Waals surface area contributed by atoms with E-state index in [1.165, 1.54) is 0 Å². The predicted octanol–water partition coefficient (Wildman–Crippen LogP) is 3.47. The fraction of sp³-hybridized carbons (Fsp3) is 0.562. The highest BCUT2D eigenvalue weighted by Crippen LogP contribution is 2.19. The van der Waals surface area contributed by atoms with E-state index in [0.717, 1.165) is 17.5 Å². The van der Waals surface area contributed by atoms with Crippen molar-refractivity contribution in [3.05, 3.63) is 66.0 Å². The van der Waals surface area contributed by atoms with Gasteiger partial charge < -0.3 is 30.5 Å². The van der Waals surface area contributed by atoms with Crippen molar-refractivity contribution < 1.29 is 29.0 Å². The molecule has 4 N–H and O–H groups in total. The third-order valence-corrected chi connectivity index (χ3v) is 7.22. The molecule has 3 amide bonds. The third-order valence-electron chi connectivity index (χ3n) is 7.22. The van der Waals surface area contributed by atoms with E-state index in [2.05, 4.69) is 39.7 Å². The molecule has 2 unspecified atom stereocenters. The van der Waals surface area contributed by atoms with E-state index < -0.39 is 24.3 Å². The lowest BCUT2D eigenvalue weighted by atomic mass is 10.0. The van der Waals surface area contributed by atoms with Gasteiger partial charge in [-0.2, -0.15) is 0 Å². The molecule has 1 fully saturated rings. The van der Waals surface area contributed by atoms with Crippen LogP contribution in [0.2, 0.25) is 0 Å². The van der Waals surface area contributed by atoms with Crippen molar-refractivity contribution >= 4 is 18.1 Å². The topological polar surface area (TPSA) is 142 Å². The number of likely N-dealkylation sites (tertiary alicyclic amines) is 1. The highest BCUT2D eigenvalue weighted by atomic mass is 16.6. The van der Waals surface area contributed by atoms with Gasteiger partial charge in [0.2, 0.25) is 5.91 Å². The molecule has 3 rings (SSSR count). The number of benzene rings is 1. The summed E-state index contributed by atoms with van der Waals surface area (Å²) in [4.78, 5) is 44.1. The molecule has 0 saturated carbocycles. The van der Waals surface area contributed by atoms with Crippen molar-refractivity contribution in [1.29, 1.82) is 0 Å². The van der Waals surface area contributed by atoms with Crippen LogP contribution >= 0.6 is 0 Å². The predicted molar refractivity (Wildman–Crippen MR) is 163 cm³/mol. The van der Waals surface area contributed by atoms with Gasteiger partial charge >= 0.3 is 12.2 Å². The number of carbonyl (C=O) groups excluding carboxylic acids is 3. The first-order valence-electron chi connectivity index (χ1n) is 15.1. The lowest BCUT2D eigenvalue weighted by molar-refractivity contribution is -0.123. The molecule has 1 aromatic carbocycles. The summed E-state index contributed by atoms with van der Waals surface area (Å²) < 4.78 is 10.7. The monoisotopic (exact) mass is 597 g/mol. The minimum Gasteiger partial charge on any atom is -0.445 e.